The summed E-state index contributed by atoms with van der Waals surface area (Å²) in [5.74, 6) is 0.107. The molecule has 4 nitrogen and oxygen atoms in total. The molecule has 1 atom stereocenters. The van der Waals surface area contributed by atoms with Crippen molar-refractivity contribution in [3.63, 3.8) is 0 Å². The molecule has 0 aromatic carbocycles. The first-order valence-corrected chi connectivity index (χ1v) is 5.45. The second-order valence-corrected chi connectivity index (χ2v) is 4.37. The predicted molar refractivity (Wildman–Crippen MR) is 63.8 cm³/mol. The highest BCUT2D eigenvalue weighted by atomic mass is 16.1. The van der Waals surface area contributed by atoms with Crippen LogP contribution in [-0.4, -0.2) is 17.4 Å². The molecule has 1 aromatic rings. The summed E-state index contributed by atoms with van der Waals surface area (Å²) < 4.78 is 0. The minimum absolute atomic E-state index is 0.364. The van der Waals surface area contributed by atoms with E-state index in [0.717, 1.165) is 17.7 Å². The van der Waals surface area contributed by atoms with E-state index in [9.17, 15) is 4.79 Å². The number of aromatic nitrogens is 1. The van der Waals surface area contributed by atoms with E-state index in [-0.39, 0.29) is 5.91 Å². The van der Waals surface area contributed by atoms with Crippen molar-refractivity contribution in [3.05, 3.63) is 29.6 Å². The monoisotopic (exact) mass is 221 g/mol. The van der Waals surface area contributed by atoms with Crippen LogP contribution in [0.25, 0.3) is 0 Å². The maximum atomic E-state index is 11.4. The quantitative estimate of drug-likeness (QED) is 0.784. The molecule has 1 heterocycles. The average Bonchev–Trinajstić information content (AvgIpc) is 2.20. The van der Waals surface area contributed by atoms with Crippen molar-refractivity contribution in [1.82, 2.24) is 10.3 Å². The summed E-state index contributed by atoms with van der Waals surface area (Å²) in [7, 11) is 0. The molecule has 0 saturated heterocycles. The number of aryl methyl sites for hydroxylation is 1. The van der Waals surface area contributed by atoms with Gasteiger partial charge in [-0.3, -0.25) is 9.78 Å². The van der Waals surface area contributed by atoms with Crippen LogP contribution in [0, 0.1) is 12.8 Å². The molecule has 1 rings (SSSR count). The molecule has 0 aliphatic heterocycles. The summed E-state index contributed by atoms with van der Waals surface area (Å²) in [5.41, 5.74) is 7.27. The number of hydrogen-bond donors (Lipinski definition) is 2. The summed E-state index contributed by atoms with van der Waals surface area (Å²) >= 11 is 0. The third-order valence-electron chi connectivity index (χ3n) is 2.41. The molecule has 1 aromatic heterocycles. The van der Waals surface area contributed by atoms with Crippen LogP contribution in [0.5, 0.6) is 0 Å². The van der Waals surface area contributed by atoms with E-state index < -0.39 is 6.04 Å². The minimum atomic E-state index is -0.448. The smallest absolute Gasteiger partial charge is 0.239 e. The largest absolute Gasteiger partial charge is 0.368 e. The lowest BCUT2D eigenvalue weighted by molar-refractivity contribution is -0.120. The molecule has 1 amide bonds. The number of rotatable bonds is 5. The summed E-state index contributed by atoms with van der Waals surface area (Å²) in [6.07, 6.45) is 3.40. The van der Waals surface area contributed by atoms with Gasteiger partial charge in [0, 0.05) is 12.4 Å². The predicted octanol–water partition coefficient (Wildman–Crippen LogP) is 1.16. The van der Waals surface area contributed by atoms with Crippen LogP contribution in [0.4, 0.5) is 0 Å². The van der Waals surface area contributed by atoms with E-state index in [0.29, 0.717) is 5.92 Å². The lowest BCUT2D eigenvalue weighted by atomic mass is 10.0. The minimum Gasteiger partial charge on any atom is -0.368 e. The fourth-order valence-electron chi connectivity index (χ4n) is 1.50. The molecule has 16 heavy (non-hydrogen) atoms. The van der Waals surface area contributed by atoms with Crippen LogP contribution >= 0.6 is 0 Å². The number of primary amides is 1. The molecule has 1 unspecified atom stereocenters. The number of nitrogens with two attached hydrogens (primary N) is 1. The second-order valence-electron chi connectivity index (χ2n) is 4.37. The van der Waals surface area contributed by atoms with Crippen LogP contribution in [0.3, 0.4) is 0 Å². The lowest BCUT2D eigenvalue weighted by Crippen LogP contribution is -2.36. The van der Waals surface area contributed by atoms with Crippen LogP contribution in [0.2, 0.25) is 0 Å². The highest BCUT2D eigenvalue weighted by Gasteiger charge is 2.19. The molecule has 0 aliphatic carbocycles. The first kappa shape index (κ1) is 12.6. The molecule has 0 spiro atoms. The van der Waals surface area contributed by atoms with Crippen molar-refractivity contribution in [1.29, 1.82) is 0 Å². The Labute approximate surface area is 96.3 Å². The normalized spacial score (nSPS) is 12.8. The van der Waals surface area contributed by atoms with Crippen molar-refractivity contribution >= 4 is 5.91 Å². The van der Waals surface area contributed by atoms with E-state index in [1.807, 2.05) is 13.0 Å². The highest BCUT2D eigenvalue weighted by molar-refractivity contribution is 5.81. The van der Waals surface area contributed by atoms with Crippen molar-refractivity contribution in [2.24, 2.45) is 11.7 Å². The van der Waals surface area contributed by atoms with Gasteiger partial charge >= 0.3 is 0 Å². The van der Waals surface area contributed by atoms with E-state index in [2.05, 4.69) is 24.1 Å². The third kappa shape index (κ3) is 3.31. The summed E-state index contributed by atoms with van der Waals surface area (Å²) in [5, 5.41) is 3.16. The molecule has 0 radical (unpaired) electrons. The molecule has 88 valence electrons. The summed E-state index contributed by atoms with van der Waals surface area (Å²) in [4.78, 5) is 15.4. The molecule has 4 heteroatoms. The van der Waals surface area contributed by atoms with Gasteiger partial charge in [-0.15, -0.1) is 0 Å². The second kappa shape index (κ2) is 5.61. The molecular formula is C12H19N3O. The van der Waals surface area contributed by atoms with Crippen LogP contribution in [-0.2, 0) is 4.79 Å². The number of hydrogen-bond acceptors (Lipinski definition) is 3. The first-order chi connectivity index (χ1) is 7.52. The van der Waals surface area contributed by atoms with E-state index in [1.165, 1.54) is 0 Å². The van der Waals surface area contributed by atoms with Gasteiger partial charge in [0.15, 0.2) is 0 Å². The molecule has 0 saturated carbocycles. The van der Waals surface area contributed by atoms with Gasteiger partial charge in [0.2, 0.25) is 5.91 Å². The molecule has 0 fully saturated rings. The van der Waals surface area contributed by atoms with Gasteiger partial charge in [-0.1, -0.05) is 13.8 Å². The van der Waals surface area contributed by atoms with E-state index in [1.54, 1.807) is 12.4 Å². The summed E-state index contributed by atoms with van der Waals surface area (Å²) in [6.45, 7) is 6.87. The van der Waals surface area contributed by atoms with Gasteiger partial charge < -0.3 is 11.1 Å². The van der Waals surface area contributed by atoms with Gasteiger partial charge in [-0.05, 0) is 36.6 Å². The number of nitrogens with one attached hydrogen (secondary N) is 1. The molecule has 0 aliphatic rings. The fraction of sp³-hybridized carbons (Fsp3) is 0.500. The third-order valence-corrected chi connectivity index (χ3v) is 2.41. The Morgan fingerprint density at radius 3 is 2.75 bits per heavy atom. The van der Waals surface area contributed by atoms with Crippen molar-refractivity contribution in [2.75, 3.05) is 6.54 Å². The zero-order chi connectivity index (χ0) is 12.1. The maximum absolute atomic E-state index is 11.4. The topological polar surface area (TPSA) is 68.0 Å². The lowest BCUT2D eigenvalue weighted by Gasteiger charge is -2.18. The highest BCUT2D eigenvalue weighted by Crippen LogP contribution is 2.16. The van der Waals surface area contributed by atoms with E-state index in [4.69, 9.17) is 5.73 Å². The Bertz CT molecular complexity index is 363. The Hall–Kier alpha value is -1.42. The van der Waals surface area contributed by atoms with Crippen molar-refractivity contribution < 1.29 is 4.79 Å². The van der Waals surface area contributed by atoms with Gasteiger partial charge in [0.1, 0.15) is 6.04 Å². The Balaban J connectivity index is 2.86. The van der Waals surface area contributed by atoms with Gasteiger partial charge in [-0.25, -0.2) is 0 Å². The fourth-order valence-corrected chi connectivity index (χ4v) is 1.50. The maximum Gasteiger partial charge on any atom is 0.239 e. The molecule has 0 bridgehead atoms. The molecular weight excluding hydrogens is 202 g/mol. The van der Waals surface area contributed by atoms with Crippen LogP contribution in [0.15, 0.2) is 18.5 Å². The number of amides is 1. The number of carbonyl (C=O) groups is 1. The zero-order valence-corrected chi connectivity index (χ0v) is 10.0. The Morgan fingerprint density at radius 1 is 1.56 bits per heavy atom. The zero-order valence-electron chi connectivity index (χ0n) is 10.0. The van der Waals surface area contributed by atoms with Crippen LogP contribution < -0.4 is 11.1 Å². The number of pyridine rings is 1. The number of carbonyl (C=O) groups excluding carboxylic acids is 1. The standard InChI is InChI=1S/C12H19N3O/c1-8(2)6-15-11(12(13)16)10-7-14-5-4-9(10)3/h4-5,7-8,11,15H,6H2,1-3H3,(H2,13,16). The molecule has 3 N–H and O–H groups in total. The average molecular weight is 221 g/mol. The first-order valence-electron chi connectivity index (χ1n) is 5.45. The Morgan fingerprint density at radius 2 is 2.25 bits per heavy atom. The van der Waals surface area contributed by atoms with E-state index >= 15 is 0 Å². The van der Waals surface area contributed by atoms with Gasteiger partial charge in [-0.2, -0.15) is 0 Å². The van der Waals surface area contributed by atoms with Gasteiger partial charge in [0.25, 0.3) is 0 Å². The van der Waals surface area contributed by atoms with Crippen molar-refractivity contribution in [3.8, 4) is 0 Å². The Kier molecular flexibility index (Phi) is 4.43. The van der Waals surface area contributed by atoms with Crippen molar-refractivity contribution in [2.45, 2.75) is 26.8 Å². The summed E-state index contributed by atoms with van der Waals surface area (Å²) in [6, 6.07) is 1.43. The van der Waals surface area contributed by atoms with Crippen LogP contribution in [0.1, 0.15) is 31.0 Å². The number of nitrogens with zero attached hydrogens (tertiary/aromatic N) is 1. The van der Waals surface area contributed by atoms with Gasteiger partial charge in [0.05, 0.1) is 0 Å². The SMILES string of the molecule is Cc1ccncc1C(NCC(C)C)C(N)=O.